The minimum absolute atomic E-state index is 0.0261. The molecule has 1 aliphatic heterocycles. The zero-order chi connectivity index (χ0) is 21.3. The zero-order valence-corrected chi connectivity index (χ0v) is 17.9. The zero-order valence-electron chi connectivity index (χ0n) is 16.3. The monoisotopic (exact) mass is 441 g/mol. The summed E-state index contributed by atoms with van der Waals surface area (Å²) in [6, 6.07) is 13.2. The first-order valence-electron chi connectivity index (χ1n) is 9.07. The Morgan fingerprint density at radius 2 is 1.97 bits per heavy atom. The molecule has 3 aromatic rings. The number of nitrogens with zero attached hydrogens (tertiary/aromatic N) is 4. The molecule has 0 saturated carbocycles. The van der Waals surface area contributed by atoms with Crippen LogP contribution in [0.25, 0.3) is 0 Å². The summed E-state index contributed by atoms with van der Waals surface area (Å²) in [6.45, 7) is 2.59. The fourth-order valence-corrected chi connectivity index (χ4v) is 4.61. The van der Waals surface area contributed by atoms with E-state index in [4.69, 9.17) is 0 Å². The highest BCUT2D eigenvalue weighted by Gasteiger charge is 2.30. The summed E-state index contributed by atoms with van der Waals surface area (Å²) in [4.78, 5) is 13.5. The van der Waals surface area contributed by atoms with E-state index >= 15 is 0 Å². The highest BCUT2D eigenvalue weighted by Crippen LogP contribution is 2.22. The molecular weight excluding hydrogens is 422 g/mol. The maximum atomic E-state index is 12.8. The van der Waals surface area contributed by atoms with Crippen molar-refractivity contribution in [3.05, 3.63) is 81.8 Å². The van der Waals surface area contributed by atoms with Gasteiger partial charge in [-0.25, -0.2) is 4.31 Å². The second kappa shape index (κ2) is 7.88. The number of benzene rings is 1. The summed E-state index contributed by atoms with van der Waals surface area (Å²) in [7, 11) is -2.69. The fourth-order valence-electron chi connectivity index (χ4n) is 2.96. The normalized spacial score (nSPS) is 15.5. The number of likely N-dealkylation sites (N-methyl/N-ethyl adjacent to an activating group) is 1. The first-order chi connectivity index (χ1) is 14.3. The molecule has 0 radical (unpaired) electrons. The lowest BCUT2D eigenvalue weighted by Crippen LogP contribution is -2.35. The van der Waals surface area contributed by atoms with Crippen LogP contribution < -0.4 is 5.32 Å². The van der Waals surface area contributed by atoms with Crippen LogP contribution in [0.15, 0.2) is 70.2 Å². The van der Waals surface area contributed by atoms with Crippen LogP contribution in [0, 0.1) is 6.92 Å². The number of hydrogen-bond acceptors (Lipinski definition) is 5. The number of nitrogens with one attached hydrogen (secondary N) is 1. The van der Waals surface area contributed by atoms with Gasteiger partial charge in [-0.15, -0.1) is 15.7 Å². The molecule has 2 aromatic heterocycles. The number of thiophene rings is 1. The van der Waals surface area contributed by atoms with Gasteiger partial charge in [0.25, 0.3) is 5.91 Å². The molecule has 1 N–H and O–H groups in total. The van der Waals surface area contributed by atoms with Gasteiger partial charge in [0.15, 0.2) is 5.82 Å². The molecule has 1 aromatic carbocycles. The van der Waals surface area contributed by atoms with E-state index in [0.717, 1.165) is 15.4 Å². The van der Waals surface area contributed by atoms with Crippen LogP contribution in [0.5, 0.6) is 0 Å². The predicted octanol–water partition coefficient (Wildman–Crippen LogP) is 2.80. The number of carbonyl (C=O) groups is 1. The van der Waals surface area contributed by atoms with Gasteiger partial charge in [0.05, 0.1) is 17.1 Å². The van der Waals surface area contributed by atoms with E-state index in [1.165, 1.54) is 24.5 Å². The van der Waals surface area contributed by atoms with Crippen LogP contribution in [0.3, 0.4) is 0 Å². The van der Waals surface area contributed by atoms with E-state index in [9.17, 15) is 13.2 Å². The molecule has 3 heterocycles. The summed E-state index contributed by atoms with van der Waals surface area (Å²) in [6.07, 6.45) is 3.23. The summed E-state index contributed by atoms with van der Waals surface area (Å²) in [5, 5.41) is 8.86. The number of hydrogen-bond donors (Lipinski definition) is 1. The van der Waals surface area contributed by atoms with E-state index in [1.54, 1.807) is 29.1 Å². The molecule has 4 rings (SSSR count). The largest absolute Gasteiger partial charge is 0.345 e. The number of aryl methyl sites for hydroxylation is 1. The molecule has 0 fully saturated rings. The Morgan fingerprint density at radius 3 is 2.70 bits per heavy atom. The van der Waals surface area contributed by atoms with Crippen molar-refractivity contribution in [2.45, 2.75) is 13.5 Å². The Morgan fingerprint density at radius 1 is 1.17 bits per heavy atom. The van der Waals surface area contributed by atoms with Gasteiger partial charge in [-0.2, -0.15) is 13.5 Å². The van der Waals surface area contributed by atoms with E-state index in [1.807, 2.05) is 36.6 Å². The highest BCUT2D eigenvalue weighted by molar-refractivity contribution is 7.88. The molecule has 30 heavy (non-hydrogen) atoms. The molecule has 0 atom stereocenters. The van der Waals surface area contributed by atoms with Crippen molar-refractivity contribution in [1.82, 2.24) is 14.1 Å². The Bertz CT molecular complexity index is 1260. The van der Waals surface area contributed by atoms with E-state index < -0.39 is 16.1 Å². The predicted molar refractivity (Wildman–Crippen MR) is 117 cm³/mol. The molecule has 8 nitrogen and oxygen atoms in total. The number of rotatable bonds is 5. The van der Waals surface area contributed by atoms with E-state index in [-0.39, 0.29) is 11.4 Å². The Balaban J connectivity index is 1.54. The molecule has 10 heteroatoms. The number of carbonyl (C=O) groups excluding carboxylic acids is 1. The molecule has 0 unspecified atom stereocenters. The number of aromatic nitrogens is 2. The molecule has 0 saturated heterocycles. The molecule has 1 amide bonds. The van der Waals surface area contributed by atoms with Crippen molar-refractivity contribution >= 4 is 39.0 Å². The average Bonchev–Trinajstić information content (AvgIpc) is 3.38. The maximum Gasteiger partial charge on any atom is 0.345 e. The Labute approximate surface area is 178 Å². The molecule has 0 aliphatic carbocycles. The van der Waals surface area contributed by atoms with Crippen LogP contribution in [0.4, 0.5) is 5.82 Å². The second-order valence-corrected chi connectivity index (χ2v) is 9.28. The van der Waals surface area contributed by atoms with E-state index in [0.29, 0.717) is 17.2 Å². The molecule has 0 bridgehead atoms. The van der Waals surface area contributed by atoms with Crippen LogP contribution in [-0.2, 0) is 21.5 Å². The number of allylic oxidation sites excluding steroid dienone is 1. The van der Waals surface area contributed by atoms with Crippen molar-refractivity contribution in [3.63, 3.8) is 0 Å². The van der Waals surface area contributed by atoms with Crippen molar-refractivity contribution in [1.29, 1.82) is 0 Å². The third kappa shape index (κ3) is 4.05. The first-order valence-corrected chi connectivity index (χ1v) is 11.3. The highest BCUT2D eigenvalue weighted by atomic mass is 32.2. The van der Waals surface area contributed by atoms with Crippen LogP contribution >= 0.6 is 11.3 Å². The van der Waals surface area contributed by atoms with Gasteiger partial charge < -0.3 is 5.32 Å². The lowest BCUT2D eigenvalue weighted by atomic mass is 10.1. The minimum Gasteiger partial charge on any atom is -0.304 e. The van der Waals surface area contributed by atoms with Crippen LogP contribution in [0.1, 0.15) is 16.0 Å². The van der Waals surface area contributed by atoms with Gasteiger partial charge in [0.1, 0.15) is 5.70 Å². The van der Waals surface area contributed by atoms with Gasteiger partial charge >= 0.3 is 10.2 Å². The van der Waals surface area contributed by atoms with Gasteiger partial charge in [-0.3, -0.25) is 9.48 Å². The summed E-state index contributed by atoms with van der Waals surface area (Å²) in [5.74, 6) is -0.244. The molecule has 1 aliphatic rings. The SMILES string of the molecule is Cc1ccccc1Cn1ccc(NC(=O)C2=CC(c3cccs3)=NS(=O)(=O)N2C)n1. The van der Waals surface area contributed by atoms with Gasteiger partial charge in [-0.1, -0.05) is 30.3 Å². The second-order valence-electron chi connectivity index (χ2n) is 6.71. The summed E-state index contributed by atoms with van der Waals surface area (Å²) >= 11 is 1.35. The molecular formula is C20H19N5O3S2. The molecule has 0 spiro atoms. The quantitative estimate of drug-likeness (QED) is 0.658. The Kier molecular flexibility index (Phi) is 5.27. The van der Waals surface area contributed by atoms with Gasteiger partial charge in [-0.05, 0) is 35.6 Å². The van der Waals surface area contributed by atoms with Gasteiger partial charge in [0.2, 0.25) is 0 Å². The lowest BCUT2D eigenvalue weighted by molar-refractivity contribution is -0.113. The fraction of sp³-hybridized carbons (Fsp3) is 0.150. The Hall–Kier alpha value is -3.24. The molecule has 154 valence electrons. The van der Waals surface area contributed by atoms with Crippen LogP contribution in [-0.4, -0.2) is 41.2 Å². The standard InChI is InChI=1S/C20H19N5O3S2/c1-14-6-3-4-7-15(14)13-25-10-9-19(22-25)21-20(26)17-12-16(18-8-5-11-29-18)23-30(27,28)24(17)2/h3-12H,13H2,1-2H3,(H,21,22,26). The van der Waals surface area contributed by atoms with Crippen molar-refractivity contribution in [3.8, 4) is 0 Å². The average molecular weight is 442 g/mol. The minimum atomic E-state index is -3.99. The number of amides is 1. The van der Waals surface area contributed by atoms with Gasteiger partial charge in [0, 0.05) is 19.3 Å². The maximum absolute atomic E-state index is 12.8. The van der Waals surface area contributed by atoms with Crippen molar-refractivity contribution < 1.29 is 13.2 Å². The lowest BCUT2D eigenvalue weighted by Gasteiger charge is -2.22. The smallest absolute Gasteiger partial charge is 0.304 e. The first kappa shape index (κ1) is 20.0. The third-order valence-electron chi connectivity index (χ3n) is 4.65. The van der Waals surface area contributed by atoms with Crippen LogP contribution in [0.2, 0.25) is 0 Å². The topological polar surface area (TPSA) is 96.7 Å². The third-order valence-corrected chi connectivity index (χ3v) is 6.86. The van der Waals surface area contributed by atoms with Crippen molar-refractivity contribution in [2.24, 2.45) is 4.40 Å². The van der Waals surface area contributed by atoms with Crippen molar-refractivity contribution in [2.75, 3.05) is 12.4 Å². The summed E-state index contributed by atoms with van der Waals surface area (Å²) < 4.78 is 31.2. The van der Waals surface area contributed by atoms with E-state index in [2.05, 4.69) is 14.8 Å². The summed E-state index contributed by atoms with van der Waals surface area (Å²) in [5.41, 5.74) is 2.48. The number of anilines is 1.